The number of hydrogen-bond acceptors (Lipinski definition) is 4. The number of aliphatic hydroxyl groups is 1. The lowest BCUT2D eigenvalue weighted by atomic mass is 10.4. The van der Waals surface area contributed by atoms with Gasteiger partial charge in [-0.1, -0.05) is 17.7 Å². The van der Waals surface area contributed by atoms with E-state index < -0.39 is 0 Å². The van der Waals surface area contributed by atoms with Gasteiger partial charge < -0.3 is 9.84 Å². The van der Waals surface area contributed by atoms with Crippen LogP contribution in [-0.2, 0) is 6.61 Å². The van der Waals surface area contributed by atoms with Crippen molar-refractivity contribution in [3.05, 3.63) is 53.6 Å². The maximum absolute atomic E-state index is 9.46. The summed E-state index contributed by atoms with van der Waals surface area (Å²) in [7, 11) is 0. The largest absolute Gasteiger partial charge is 0.435 e. The molecule has 1 N–H and O–H groups in total. The Bertz CT molecular complexity index is 727. The Morgan fingerprint density at radius 2 is 2.21 bits per heavy atom. The van der Waals surface area contributed by atoms with Crippen molar-refractivity contribution >= 4 is 17.2 Å². The van der Waals surface area contributed by atoms with E-state index in [-0.39, 0.29) is 6.61 Å². The molecule has 0 aliphatic rings. The number of hydrogen-bond donors (Lipinski definition) is 1. The molecule has 0 saturated heterocycles. The summed E-state index contributed by atoms with van der Waals surface area (Å²) in [5.41, 5.74) is 1.28. The molecule has 0 bridgehead atoms. The van der Waals surface area contributed by atoms with Gasteiger partial charge in [0.1, 0.15) is 17.1 Å². The Morgan fingerprint density at radius 3 is 3.00 bits per heavy atom. The fraction of sp³-hybridized carbons (Fsp3) is 0.0769. The number of aliphatic hydroxyl groups excluding tert-OH is 1. The van der Waals surface area contributed by atoms with Gasteiger partial charge in [-0.3, -0.25) is 9.38 Å². The van der Waals surface area contributed by atoms with Crippen molar-refractivity contribution in [2.24, 2.45) is 0 Å². The molecular formula is C13H10ClN3O2. The number of imidazole rings is 1. The molecule has 0 amide bonds. The van der Waals surface area contributed by atoms with Crippen molar-refractivity contribution in [1.29, 1.82) is 0 Å². The molecule has 0 radical (unpaired) electrons. The Morgan fingerprint density at radius 1 is 1.32 bits per heavy atom. The predicted molar refractivity (Wildman–Crippen MR) is 70.4 cm³/mol. The van der Waals surface area contributed by atoms with Gasteiger partial charge in [0.25, 0.3) is 0 Å². The first-order valence-electron chi connectivity index (χ1n) is 5.63. The highest BCUT2D eigenvalue weighted by Gasteiger charge is 2.13. The summed E-state index contributed by atoms with van der Waals surface area (Å²) in [4.78, 5) is 8.25. The molecule has 3 rings (SSSR count). The van der Waals surface area contributed by atoms with Gasteiger partial charge in [-0.25, -0.2) is 0 Å². The van der Waals surface area contributed by atoms with Gasteiger partial charge in [0.15, 0.2) is 0 Å². The Hall–Kier alpha value is -2.11. The minimum atomic E-state index is -0.172. The van der Waals surface area contributed by atoms with Gasteiger partial charge in [-0.2, -0.15) is 4.98 Å². The van der Waals surface area contributed by atoms with Gasteiger partial charge >= 0.3 is 0 Å². The third kappa shape index (κ3) is 2.25. The zero-order valence-corrected chi connectivity index (χ0v) is 10.6. The average molecular weight is 276 g/mol. The molecule has 0 aliphatic carbocycles. The number of fused-ring (bicyclic) bond motifs is 1. The van der Waals surface area contributed by atoms with Crippen molar-refractivity contribution in [3.8, 4) is 11.6 Å². The van der Waals surface area contributed by atoms with Crippen molar-refractivity contribution in [1.82, 2.24) is 14.4 Å². The normalized spacial score (nSPS) is 10.8. The van der Waals surface area contributed by atoms with Crippen molar-refractivity contribution in [2.45, 2.75) is 6.61 Å². The van der Waals surface area contributed by atoms with Crippen LogP contribution in [0, 0.1) is 0 Å². The number of pyridine rings is 2. The molecule has 5 nitrogen and oxygen atoms in total. The maximum atomic E-state index is 9.46. The average Bonchev–Trinajstić information content (AvgIpc) is 2.75. The second-order valence-corrected chi connectivity index (χ2v) is 4.33. The summed E-state index contributed by atoms with van der Waals surface area (Å²) in [6.07, 6.45) is 4.87. The van der Waals surface area contributed by atoms with Crippen molar-refractivity contribution < 1.29 is 9.84 Å². The third-order valence-electron chi connectivity index (χ3n) is 2.64. The van der Waals surface area contributed by atoms with Crippen LogP contribution in [0.2, 0.25) is 5.02 Å². The van der Waals surface area contributed by atoms with Crippen LogP contribution in [0.15, 0.2) is 42.9 Å². The summed E-state index contributed by atoms with van der Waals surface area (Å²) in [5, 5.41) is 9.93. The highest BCUT2D eigenvalue weighted by molar-refractivity contribution is 6.30. The smallest absolute Gasteiger partial charge is 0.243 e. The maximum Gasteiger partial charge on any atom is 0.243 e. The first-order chi connectivity index (χ1) is 9.28. The molecular weight excluding hydrogens is 266 g/mol. The summed E-state index contributed by atoms with van der Waals surface area (Å²) >= 11 is 5.85. The molecule has 0 unspecified atom stereocenters. The Kier molecular flexibility index (Phi) is 3.06. The summed E-state index contributed by atoms with van der Waals surface area (Å²) in [6, 6.07) is 7.20. The van der Waals surface area contributed by atoms with Crippen LogP contribution >= 0.6 is 11.6 Å². The zero-order valence-electron chi connectivity index (χ0n) is 9.82. The predicted octanol–water partition coefficient (Wildman–Crippen LogP) is 2.67. The van der Waals surface area contributed by atoms with Crippen LogP contribution in [0.3, 0.4) is 0 Å². The van der Waals surface area contributed by atoms with E-state index >= 15 is 0 Å². The van der Waals surface area contributed by atoms with E-state index in [1.807, 2.05) is 24.4 Å². The van der Waals surface area contributed by atoms with Crippen molar-refractivity contribution in [2.75, 3.05) is 0 Å². The first kappa shape index (κ1) is 12.0. The Balaban J connectivity index is 2.05. The van der Waals surface area contributed by atoms with E-state index in [0.717, 1.165) is 0 Å². The number of ether oxygens (including phenoxy) is 1. The molecule has 3 aromatic rings. The second kappa shape index (κ2) is 4.87. The van der Waals surface area contributed by atoms with Crippen LogP contribution in [0.5, 0.6) is 11.6 Å². The highest BCUT2D eigenvalue weighted by atomic mass is 35.5. The van der Waals surface area contributed by atoms with Gasteiger partial charge in [0.2, 0.25) is 5.88 Å². The Labute approximate surface area is 114 Å². The minimum Gasteiger partial charge on any atom is -0.435 e. The number of nitrogens with zero attached hydrogens (tertiary/aromatic N) is 3. The van der Waals surface area contributed by atoms with Crippen LogP contribution in [-0.4, -0.2) is 19.5 Å². The quantitative estimate of drug-likeness (QED) is 0.798. The summed E-state index contributed by atoms with van der Waals surface area (Å²) in [6.45, 7) is -0.172. The van der Waals surface area contributed by atoms with Crippen LogP contribution in [0.1, 0.15) is 5.69 Å². The topological polar surface area (TPSA) is 59.7 Å². The molecule has 0 aromatic carbocycles. The molecule has 3 heterocycles. The van der Waals surface area contributed by atoms with Gasteiger partial charge in [0.05, 0.1) is 17.8 Å². The van der Waals surface area contributed by atoms with Gasteiger partial charge in [0, 0.05) is 18.5 Å². The fourth-order valence-electron chi connectivity index (χ4n) is 1.81. The standard InChI is InChI=1S/C13H10ClN3O2/c14-9-5-10(7-15-6-9)19-13-11(8-18)17-4-2-1-3-12(17)16-13/h1-7,18H,8H2. The van der Waals surface area contributed by atoms with Crippen LogP contribution < -0.4 is 4.74 Å². The minimum absolute atomic E-state index is 0.172. The molecule has 0 fully saturated rings. The molecule has 0 saturated carbocycles. The lowest BCUT2D eigenvalue weighted by Gasteiger charge is -2.04. The highest BCUT2D eigenvalue weighted by Crippen LogP contribution is 2.26. The number of rotatable bonds is 3. The summed E-state index contributed by atoms with van der Waals surface area (Å²) < 4.78 is 7.40. The fourth-order valence-corrected chi connectivity index (χ4v) is 1.97. The lowest BCUT2D eigenvalue weighted by molar-refractivity contribution is 0.269. The van der Waals surface area contributed by atoms with E-state index in [2.05, 4.69) is 9.97 Å². The first-order valence-corrected chi connectivity index (χ1v) is 6.01. The van der Waals surface area contributed by atoms with E-state index in [1.165, 1.54) is 12.4 Å². The lowest BCUT2D eigenvalue weighted by Crippen LogP contribution is -1.94. The van der Waals surface area contributed by atoms with Gasteiger partial charge in [-0.15, -0.1) is 0 Å². The van der Waals surface area contributed by atoms with E-state index in [9.17, 15) is 5.11 Å². The van der Waals surface area contributed by atoms with Crippen LogP contribution in [0.4, 0.5) is 0 Å². The zero-order chi connectivity index (χ0) is 13.2. The number of aromatic nitrogens is 3. The van der Waals surface area contributed by atoms with Gasteiger partial charge in [-0.05, 0) is 12.1 Å². The SMILES string of the molecule is OCc1c(Oc2cncc(Cl)c2)nc2ccccn12. The summed E-state index contributed by atoms with van der Waals surface area (Å²) in [5.74, 6) is 0.823. The molecule has 0 atom stereocenters. The van der Waals surface area contributed by atoms with E-state index in [1.54, 1.807) is 10.5 Å². The monoisotopic (exact) mass is 275 g/mol. The molecule has 6 heteroatoms. The molecule has 0 spiro atoms. The molecule has 96 valence electrons. The third-order valence-corrected chi connectivity index (χ3v) is 2.84. The van der Waals surface area contributed by atoms with Crippen molar-refractivity contribution in [3.63, 3.8) is 0 Å². The van der Waals surface area contributed by atoms with E-state index in [4.69, 9.17) is 16.3 Å². The van der Waals surface area contributed by atoms with E-state index in [0.29, 0.717) is 28.0 Å². The second-order valence-electron chi connectivity index (χ2n) is 3.89. The van der Waals surface area contributed by atoms with Crippen LogP contribution in [0.25, 0.3) is 5.65 Å². The molecule has 0 aliphatic heterocycles. The molecule has 19 heavy (non-hydrogen) atoms. The number of halogens is 1. The molecule has 3 aromatic heterocycles.